The van der Waals surface area contributed by atoms with Crippen molar-refractivity contribution in [3.63, 3.8) is 0 Å². The summed E-state index contributed by atoms with van der Waals surface area (Å²) in [6, 6.07) is 9.92. The summed E-state index contributed by atoms with van der Waals surface area (Å²) in [5.41, 5.74) is 1.12. The summed E-state index contributed by atoms with van der Waals surface area (Å²) in [6.45, 7) is 4.34. The highest BCUT2D eigenvalue weighted by Crippen LogP contribution is 2.25. The second kappa shape index (κ2) is 5.54. The first-order chi connectivity index (χ1) is 8.76. The highest BCUT2D eigenvalue weighted by Gasteiger charge is 2.32. The molecule has 0 aromatic heterocycles. The van der Waals surface area contributed by atoms with Gasteiger partial charge in [-0.2, -0.15) is 0 Å². The lowest BCUT2D eigenvalue weighted by Gasteiger charge is -2.25. The average Bonchev–Trinajstić information content (AvgIpc) is 2.69. The lowest BCUT2D eigenvalue weighted by Crippen LogP contribution is -2.34. The lowest BCUT2D eigenvalue weighted by molar-refractivity contribution is -0.126. The number of hydrogen-bond donors (Lipinski definition) is 0. The van der Waals surface area contributed by atoms with Crippen molar-refractivity contribution < 1.29 is 9.53 Å². The highest BCUT2D eigenvalue weighted by atomic mass is 16.5. The monoisotopic (exact) mass is 243 g/mol. The zero-order valence-corrected chi connectivity index (χ0v) is 10.5. The van der Waals surface area contributed by atoms with Crippen LogP contribution in [0.1, 0.15) is 12.0 Å². The maximum atomic E-state index is 12.0. The van der Waals surface area contributed by atoms with E-state index < -0.39 is 0 Å². The van der Waals surface area contributed by atoms with Gasteiger partial charge in [0.25, 0.3) is 5.91 Å². The van der Waals surface area contributed by atoms with Crippen molar-refractivity contribution in [2.24, 2.45) is 0 Å². The van der Waals surface area contributed by atoms with Crippen LogP contribution >= 0.6 is 0 Å². The fourth-order valence-electron chi connectivity index (χ4n) is 2.17. The summed E-state index contributed by atoms with van der Waals surface area (Å²) < 4.78 is 5.27. The minimum absolute atomic E-state index is 0.00236. The Balaban J connectivity index is 2.16. The van der Waals surface area contributed by atoms with Crippen molar-refractivity contribution >= 4 is 5.91 Å². The summed E-state index contributed by atoms with van der Waals surface area (Å²) in [4.78, 5) is 13.8. The standard InChI is InChI=1S/C15H17NO2/c1-3-7-13-14(18-2)10-15(17)16(13)11-12-8-5-4-6-9-12/h3-6,8-10,13H,1,7,11H2,2H3. The Morgan fingerprint density at radius 1 is 1.39 bits per heavy atom. The molecule has 0 bridgehead atoms. The Bertz CT molecular complexity index is 465. The van der Waals surface area contributed by atoms with Crippen molar-refractivity contribution in [2.45, 2.75) is 19.0 Å². The Kier molecular flexibility index (Phi) is 3.82. The molecule has 0 aliphatic carbocycles. The molecule has 1 amide bonds. The minimum Gasteiger partial charge on any atom is -0.499 e. The Morgan fingerprint density at radius 2 is 2.11 bits per heavy atom. The molecule has 94 valence electrons. The summed E-state index contributed by atoms with van der Waals surface area (Å²) in [5, 5.41) is 0. The second-order valence-corrected chi connectivity index (χ2v) is 4.24. The van der Waals surface area contributed by atoms with E-state index >= 15 is 0 Å². The molecule has 0 N–H and O–H groups in total. The van der Waals surface area contributed by atoms with Crippen LogP contribution in [0.5, 0.6) is 0 Å². The second-order valence-electron chi connectivity index (χ2n) is 4.24. The van der Waals surface area contributed by atoms with Gasteiger partial charge < -0.3 is 9.64 Å². The number of ether oxygens (including phenoxy) is 1. The molecule has 0 saturated heterocycles. The summed E-state index contributed by atoms with van der Waals surface area (Å²) in [6.07, 6.45) is 4.09. The first-order valence-corrected chi connectivity index (χ1v) is 5.97. The van der Waals surface area contributed by atoms with Crippen LogP contribution in [0.3, 0.4) is 0 Å². The van der Waals surface area contributed by atoms with E-state index in [0.717, 1.165) is 11.3 Å². The number of nitrogens with zero attached hydrogens (tertiary/aromatic N) is 1. The largest absolute Gasteiger partial charge is 0.499 e. The van der Waals surface area contributed by atoms with Crippen molar-refractivity contribution in [2.75, 3.05) is 7.11 Å². The van der Waals surface area contributed by atoms with Crippen LogP contribution in [0.15, 0.2) is 54.8 Å². The Labute approximate surface area is 107 Å². The van der Waals surface area contributed by atoms with Gasteiger partial charge in [-0.15, -0.1) is 6.58 Å². The van der Waals surface area contributed by atoms with Crippen molar-refractivity contribution in [1.29, 1.82) is 0 Å². The van der Waals surface area contributed by atoms with E-state index in [1.54, 1.807) is 13.2 Å². The Morgan fingerprint density at radius 3 is 2.72 bits per heavy atom. The zero-order chi connectivity index (χ0) is 13.0. The van der Waals surface area contributed by atoms with Gasteiger partial charge in [0.1, 0.15) is 5.76 Å². The van der Waals surface area contributed by atoms with Gasteiger partial charge in [0.2, 0.25) is 0 Å². The van der Waals surface area contributed by atoms with Gasteiger partial charge in [0, 0.05) is 12.6 Å². The highest BCUT2D eigenvalue weighted by molar-refractivity contribution is 5.91. The van der Waals surface area contributed by atoms with Gasteiger partial charge in [-0.25, -0.2) is 0 Å². The number of amides is 1. The van der Waals surface area contributed by atoms with Gasteiger partial charge >= 0.3 is 0 Å². The molecule has 3 heteroatoms. The molecular formula is C15H17NO2. The predicted molar refractivity (Wildman–Crippen MR) is 70.7 cm³/mol. The normalized spacial score (nSPS) is 18.7. The fraction of sp³-hybridized carbons (Fsp3) is 0.267. The summed E-state index contributed by atoms with van der Waals surface area (Å²) >= 11 is 0. The molecule has 0 fully saturated rings. The van der Waals surface area contributed by atoms with Crippen LogP contribution in [0, 0.1) is 0 Å². The SMILES string of the molecule is C=CCC1C(OC)=CC(=O)N1Cc1ccccc1. The third-order valence-electron chi connectivity index (χ3n) is 3.07. The quantitative estimate of drug-likeness (QED) is 0.744. The molecule has 0 saturated carbocycles. The third-order valence-corrected chi connectivity index (χ3v) is 3.07. The zero-order valence-electron chi connectivity index (χ0n) is 10.5. The number of carbonyl (C=O) groups excluding carboxylic acids is 1. The minimum atomic E-state index is -0.0276. The van der Waals surface area contributed by atoms with Gasteiger partial charge in [0.05, 0.1) is 13.2 Å². The van der Waals surface area contributed by atoms with Crippen molar-refractivity contribution in [3.05, 3.63) is 60.4 Å². The average molecular weight is 243 g/mol. The van der Waals surface area contributed by atoms with E-state index in [9.17, 15) is 4.79 Å². The van der Waals surface area contributed by atoms with E-state index in [4.69, 9.17) is 4.74 Å². The molecule has 1 atom stereocenters. The van der Waals surface area contributed by atoms with Crippen LogP contribution in [-0.2, 0) is 16.1 Å². The van der Waals surface area contributed by atoms with Crippen LogP contribution in [-0.4, -0.2) is 24.0 Å². The van der Waals surface area contributed by atoms with Gasteiger partial charge in [0.15, 0.2) is 0 Å². The summed E-state index contributed by atoms with van der Waals surface area (Å²) in [7, 11) is 1.60. The molecule has 1 aromatic rings. The lowest BCUT2D eigenvalue weighted by atomic mass is 10.1. The van der Waals surface area contributed by atoms with Crippen LogP contribution in [0.25, 0.3) is 0 Å². The molecule has 1 aliphatic heterocycles. The van der Waals surface area contributed by atoms with E-state index in [1.807, 2.05) is 41.3 Å². The number of carbonyl (C=O) groups is 1. The summed E-state index contributed by atoms with van der Waals surface area (Å²) in [5.74, 6) is 0.721. The Hall–Kier alpha value is -2.03. The predicted octanol–water partition coefficient (Wildman–Crippen LogP) is 2.50. The maximum Gasteiger partial charge on any atom is 0.250 e. The number of methoxy groups -OCH3 is 1. The molecule has 0 radical (unpaired) electrons. The van der Waals surface area contributed by atoms with Gasteiger partial charge in [-0.3, -0.25) is 4.79 Å². The van der Waals surface area contributed by atoms with Crippen molar-refractivity contribution in [3.8, 4) is 0 Å². The molecule has 1 heterocycles. The number of rotatable bonds is 5. The third kappa shape index (κ3) is 2.45. The first-order valence-electron chi connectivity index (χ1n) is 5.97. The van der Waals surface area contributed by atoms with E-state index in [-0.39, 0.29) is 11.9 Å². The smallest absolute Gasteiger partial charge is 0.250 e. The number of hydrogen-bond acceptors (Lipinski definition) is 2. The number of benzene rings is 1. The first kappa shape index (κ1) is 12.4. The molecule has 1 aromatic carbocycles. The molecule has 2 rings (SSSR count). The van der Waals surface area contributed by atoms with Crippen LogP contribution < -0.4 is 0 Å². The molecule has 18 heavy (non-hydrogen) atoms. The molecule has 1 unspecified atom stereocenters. The van der Waals surface area contributed by atoms with Crippen molar-refractivity contribution in [1.82, 2.24) is 4.90 Å². The molecule has 3 nitrogen and oxygen atoms in total. The molecule has 0 spiro atoms. The van der Waals surface area contributed by atoms with Gasteiger partial charge in [-0.05, 0) is 12.0 Å². The topological polar surface area (TPSA) is 29.5 Å². The van der Waals surface area contributed by atoms with Crippen LogP contribution in [0.2, 0.25) is 0 Å². The fourth-order valence-corrected chi connectivity index (χ4v) is 2.17. The van der Waals surface area contributed by atoms with Crippen LogP contribution in [0.4, 0.5) is 0 Å². The molecule has 1 aliphatic rings. The molecular weight excluding hydrogens is 226 g/mol. The van der Waals surface area contributed by atoms with E-state index in [0.29, 0.717) is 13.0 Å². The maximum absolute atomic E-state index is 12.0. The van der Waals surface area contributed by atoms with E-state index in [2.05, 4.69) is 6.58 Å². The van der Waals surface area contributed by atoms with E-state index in [1.165, 1.54) is 0 Å². The van der Waals surface area contributed by atoms with Gasteiger partial charge in [-0.1, -0.05) is 36.4 Å².